The fourth-order valence-electron chi connectivity index (χ4n) is 3.45. The Balaban J connectivity index is 1.44. The average molecular weight is 354 g/mol. The van der Waals surface area contributed by atoms with Crippen molar-refractivity contribution in [2.75, 3.05) is 19.6 Å². The molecule has 26 heavy (non-hydrogen) atoms. The zero-order valence-electron chi connectivity index (χ0n) is 15.9. The van der Waals surface area contributed by atoms with Crippen molar-refractivity contribution in [3.63, 3.8) is 0 Å². The molecule has 0 amide bonds. The van der Waals surface area contributed by atoms with Gasteiger partial charge in [0.15, 0.2) is 0 Å². The minimum Gasteiger partial charge on any atom is -0.489 e. The Kier molecular flexibility index (Phi) is 7.38. The number of likely N-dealkylation sites (tertiary alicyclic amines) is 1. The highest BCUT2D eigenvalue weighted by Gasteiger charge is 2.20. The van der Waals surface area contributed by atoms with Crippen molar-refractivity contribution >= 4 is 0 Å². The largest absolute Gasteiger partial charge is 0.489 e. The molecule has 0 bridgehead atoms. The lowest BCUT2D eigenvalue weighted by atomic mass is 10.1. The summed E-state index contributed by atoms with van der Waals surface area (Å²) in [5, 5.41) is 0. The summed E-state index contributed by atoms with van der Waals surface area (Å²) in [6.07, 6.45) is 6.60. The van der Waals surface area contributed by atoms with E-state index in [4.69, 9.17) is 9.47 Å². The number of benzene rings is 2. The van der Waals surface area contributed by atoms with Gasteiger partial charge in [0.2, 0.25) is 0 Å². The molecule has 1 atom stereocenters. The molecule has 1 aliphatic heterocycles. The van der Waals surface area contributed by atoms with Gasteiger partial charge in [-0.2, -0.15) is 0 Å². The van der Waals surface area contributed by atoms with Crippen molar-refractivity contribution in [2.45, 2.75) is 51.7 Å². The molecule has 1 unspecified atom stereocenters. The minimum absolute atomic E-state index is 0.307. The van der Waals surface area contributed by atoms with E-state index in [2.05, 4.69) is 24.0 Å². The van der Waals surface area contributed by atoms with Gasteiger partial charge in [-0.3, -0.25) is 4.90 Å². The van der Waals surface area contributed by atoms with Crippen LogP contribution in [-0.2, 0) is 6.61 Å². The van der Waals surface area contributed by atoms with Gasteiger partial charge in [-0.15, -0.1) is 0 Å². The van der Waals surface area contributed by atoms with E-state index < -0.39 is 0 Å². The number of ether oxygens (including phenoxy) is 2. The zero-order valence-corrected chi connectivity index (χ0v) is 15.9. The van der Waals surface area contributed by atoms with Crippen LogP contribution in [0.4, 0.5) is 0 Å². The third-order valence-electron chi connectivity index (χ3n) is 4.91. The molecular formula is C23H31NO2. The van der Waals surface area contributed by atoms with Crippen LogP contribution in [0.3, 0.4) is 0 Å². The molecule has 3 heteroatoms. The molecule has 0 saturated carbocycles. The minimum atomic E-state index is 0.307. The first-order valence-electron chi connectivity index (χ1n) is 9.99. The Morgan fingerprint density at radius 2 is 1.73 bits per heavy atom. The highest BCUT2D eigenvalue weighted by molar-refractivity contribution is 5.31. The molecule has 0 aliphatic carbocycles. The maximum absolute atomic E-state index is 6.21. The van der Waals surface area contributed by atoms with Crippen LogP contribution in [0.1, 0.15) is 44.6 Å². The summed E-state index contributed by atoms with van der Waals surface area (Å²) in [7, 11) is 0. The summed E-state index contributed by atoms with van der Waals surface area (Å²) < 4.78 is 12.1. The van der Waals surface area contributed by atoms with E-state index >= 15 is 0 Å². The van der Waals surface area contributed by atoms with Crippen LogP contribution < -0.4 is 9.47 Å². The van der Waals surface area contributed by atoms with Gasteiger partial charge >= 0.3 is 0 Å². The van der Waals surface area contributed by atoms with Crippen LogP contribution in [0.15, 0.2) is 54.6 Å². The third-order valence-corrected chi connectivity index (χ3v) is 4.91. The highest BCUT2D eigenvalue weighted by atomic mass is 16.5. The first-order chi connectivity index (χ1) is 12.8. The summed E-state index contributed by atoms with van der Waals surface area (Å²) >= 11 is 0. The number of rotatable bonds is 9. The van der Waals surface area contributed by atoms with Crippen LogP contribution in [0, 0.1) is 0 Å². The molecule has 2 aromatic carbocycles. The van der Waals surface area contributed by atoms with Crippen molar-refractivity contribution in [3.05, 3.63) is 60.2 Å². The molecule has 2 aromatic rings. The van der Waals surface area contributed by atoms with Crippen LogP contribution in [-0.4, -0.2) is 30.6 Å². The van der Waals surface area contributed by atoms with E-state index in [0.29, 0.717) is 12.7 Å². The number of unbranched alkanes of at least 4 members (excludes halogenated alkanes) is 2. The predicted molar refractivity (Wildman–Crippen MR) is 107 cm³/mol. The SMILES string of the molecule is CCCCCN1CCCC(Oc2ccc(OCc3ccccc3)cc2)C1. The van der Waals surface area contributed by atoms with E-state index in [1.54, 1.807) is 0 Å². The highest BCUT2D eigenvalue weighted by Crippen LogP contribution is 2.22. The lowest BCUT2D eigenvalue weighted by Crippen LogP contribution is -2.41. The van der Waals surface area contributed by atoms with Crippen molar-refractivity contribution in [1.29, 1.82) is 0 Å². The third kappa shape index (κ3) is 6.06. The van der Waals surface area contributed by atoms with Gasteiger partial charge in [0.05, 0.1) is 0 Å². The second kappa shape index (κ2) is 10.2. The maximum atomic E-state index is 6.21. The first-order valence-corrected chi connectivity index (χ1v) is 9.99. The number of nitrogens with zero attached hydrogens (tertiary/aromatic N) is 1. The fraction of sp³-hybridized carbons (Fsp3) is 0.478. The van der Waals surface area contributed by atoms with Crippen LogP contribution in [0.25, 0.3) is 0 Å². The molecule has 0 spiro atoms. The zero-order chi connectivity index (χ0) is 18.0. The summed E-state index contributed by atoms with van der Waals surface area (Å²) in [4.78, 5) is 2.56. The van der Waals surface area contributed by atoms with Crippen molar-refractivity contribution in [2.24, 2.45) is 0 Å². The molecule has 3 nitrogen and oxygen atoms in total. The monoisotopic (exact) mass is 353 g/mol. The smallest absolute Gasteiger partial charge is 0.120 e. The Labute approximate surface area is 157 Å². The fourth-order valence-corrected chi connectivity index (χ4v) is 3.45. The van der Waals surface area contributed by atoms with Crippen molar-refractivity contribution in [1.82, 2.24) is 4.90 Å². The lowest BCUT2D eigenvalue weighted by Gasteiger charge is -2.32. The molecule has 1 fully saturated rings. The van der Waals surface area contributed by atoms with Crippen LogP contribution in [0.5, 0.6) is 11.5 Å². The van der Waals surface area contributed by atoms with Crippen LogP contribution >= 0.6 is 0 Å². The molecule has 0 aromatic heterocycles. The van der Waals surface area contributed by atoms with Crippen molar-refractivity contribution < 1.29 is 9.47 Å². The van der Waals surface area contributed by atoms with E-state index in [1.807, 2.05) is 42.5 Å². The van der Waals surface area contributed by atoms with Crippen molar-refractivity contribution in [3.8, 4) is 11.5 Å². The molecule has 3 rings (SSSR count). The Morgan fingerprint density at radius 1 is 0.962 bits per heavy atom. The molecule has 1 saturated heterocycles. The molecule has 0 N–H and O–H groups in total. The number of hydrogen-bond donors (Lipinski definition) is 0. The molecule has 1 heterocycles. The second-order valence-corrected chi connectivity index (χ2v) is 7.14. The van der Waals surface area contributed by atoms with E-state index in [1.165, 1.54) is 44.3 Å². The number of piperidine rings is 1. The van der Waals surface area contributed by atoms with E-state index in [9.17, 15) is 0 Å². The molecular weight excluding hydrogens is 322 g/mol. The standard InChI is InChI=1S/C23H31NO2/c1-2-3-7-16-24-17-8-11-23(18-24)26-22-14-12-21(13-15-22)25-19-20-9-5-4-6-10-20/h4-6,9-10,12-15,23H,2-3,7-8,11,16-19H2,1H3. The normalized spacial score (nSPS) is 17.8. The second-order valence-electron chi connectivity index (χ2n) is 7.14. The van der Waals surface area contributed by atoms with Gasteiger partial charge < -0.3 is 9.47 Å². The maximum Gasteiger partial charge on any atom is 0.120 e. The Bertz CT molecular complexity index is 626. The van der Waals surface area contributed by atoms with Gasteiger partial charge in [0, 0.05) is 6.54 Å². The molecule has 1 aliphatic rings. The van der Waals surface area contributed by atoms with Gasteiger partial charge in [0.25, 0.3) is 0 Å². The number of hydrogen-bond acceptors (Lipinski definition) is 3. The van der Waals surface area contributed by atoms with E-state index in [0.717, 1.165) is 24.5 Å². The summed E-state index contributed by atoms with van der Waals surface area (Å²) in [6.45, 7) is 6.33. The quantitative estimate of drug-likeness (QED) is 0.571. The Hall–Kier alpha value is -2.00. The average Bonchev–Trinajstić information content (AvgIpc) is 2.69. The predicted octanol–water partition coefficient (Wildman–Crippen LogP) is 5.30. The summed E-state index contributed by atoms with van der Waals surface area (Å²) in [5.74, 6) is 1.82. The van der Waals surface area contributed by atoms with Gasteiger partial charge in [0.1, 0.15) is 24.2 Å². The van der Waals surface area contributed by atoms with Gasteiger partial charge in [-0.25, -0.2) is 0 Å². The Morgan fingerprint density at radius 3 is 2.50 bits per heavy atom. The van der Waals surface area contributed by atoms with Gasteiger partial charge in [-0.1, -0.05) is 50.1 Å². The van der Waals surface area contributed by atoms with E-state index in [-0.39, 0.29) is 0 Å². The topological polar surface area (TPSA) is 21.7 Å². The first kappa shape index (κ1) is 18.8. The van der Waals surface area contributed by atoms with Gasteiger partial charge in [-0.05, 0) is 62.2 Å². The lowest BCUT2D eigenvalue weighted by molar-refractivity contribution is 0.0874. The molecule has 0 radical (unpaired) electrons. The summed E-state index contributed by atoms with van der Waals surface area (Å²) in [5.41, 5.74) is 1.18. The molecule has 140 valence electrons. The summed E-state index contributed by atoms with van der Waals surface area (Å²) in [6, 6.07) is 18.3. The van der Waals surface area contributed by atoms with Crippen LogP contribution in [0.2, 0.25) is 0 Å².